The van der Waals surface area contributed by atoms with Crippen LogP contribution in [0, 0.1) is 6.92 Å². The van der Waals surface area contributed by atoms with Gasteiger partial charge in [0.2, 0.25) is 5.78 Å². The minimum Gasteiger partial charge on any atom is -0.508 e. The van der Waals surface area contributed by atoms with Gasteiger partial charge in [-0.2, -0.15) is 0 Å². The number of benzene rings is 2. The third kappa shape index (κ3) is 3.72. The average molecular weight is 370 g/mol. The van der Waals surface area contributed by atoms with Crippen molar-refractivity contribution in [2.45, 2.75) is 13.8 Å². The summed E-state index contributed by atoms with van der Waals surface area (Å²) in [5.41, 5.74) is 0.866. The lowest BCUT2D eigenvalue weighted by Crippen LogP contribution is -2.11. The fraction of sp³-hybridized carbons (Fsp3) is 0.200. The molecular weight excluding hydrogens is 352 g/mol. The molecular formula is C20H18O7. The number of carbonyl (C=O) groups is 2. The average Bonchev–Trinajstić information content (AvgIpc) is 2.95. The van der Waals surface area contributed by atoms with Gasteiger partial charge in [-0.3, -0.25) is 4.79 Å². The molecule has 0 aliphatic heterocycles. The largest absolute Gasteiger partial charge is 0.508 e. The Morgan fingerprint density at radius 2 is 1.89 bits per heavy atom. The van der Waals surface area contributed by atoms with Crippen molar-refractivity contribution in [3.05, 3.63) is 53.3 Å². The molecule has 0 aliphatic carbocycles. The van der Waals surface area contributed by atoms with Crippen LogP contribution in [-0.4, -0.2) is 35.2 Å². The molecule has 3 rings (SSSR count). The topological polar surface area (TPSA) is 106 Å². The van der Waals surface area contributed by atoms with E-state index in [0.29, 0.717) is 28.0 Å². The van der Waals surface area contributed by atoms with Gasteiger partial charge in [-0.25, -0.2) is 4.79 Å². The number of esters is 1. The first-order chi connectivity index (χ1) is 12.9. The molecule has 1 heterocycles. The first kappa shape index (κ1) is 18.3. The highest BCUT2D eigenvalue weighted by Gasteiger charge is 2.20. The predicted octanol–water partition coefficient (Wildman–Crippen LogP) is 3.59. The number of fused-ring (bicyclic) bond motifs is 1. The summed E-state index contributed by atoms with van der Waals surface area (Å²) >= 11 is 0. The minimum atomic E-state index is -0.490. The first-order valence-corrected chi connectivity index (χ1v) is 8.29. The fourth-order valence-corrected chi connectivity index (χ4v) is 2.73. The second-order valence-corrected chi connectivity index (χ2v) is 5.82. The summed E-state index contributed by atoms with van der Waals surface area (Å²) in [7, 11) is 0. The number of aryl methyl sites for hydroxylation is 1. The van der Waals surface area contributed by atoms with E-state index in [-0.39, 0.29) is 30.3 Å². The van der Waals surface area contributed by atoms with Gasteiger partial charge in [-0.1, -0.05) is 0 Å². The van der Waals surface area contributed by atoms with Crippen molar-refractivity contribution in [3.63, 3.8) is 0 Å². The number of rotatable bonds is 6. The van der Waals surface area contributed by atoms with Gasteiger partial charge in [0.05, 0.1) is 12.2 Å². The smallest absolute Gasteiger partial charge is 0.342 e. The summed E-state index contributed by atoms with van der Waals surface area (Å²) in [4.78, 5) is 24.4. The van der Waals surface area contributed by atoms with E-state index in [1.54, 1.807) is 32.0 Å². The van der Waals surface area contributed by atoms with Gasteiger partial charge in [0.25, 0.3) is 0 Å². The van der Waals surface area contributed by atoms with E-state index in [1.807, 2.05) is 0 Å². The Kier molecular flexibility index (Phi) is 5.03. The van der Waals surface area contributed by atoms with Gasteiger partial charge in [0.1, 0.15) is 34.2 Å². The summed E-state index contributed by atoms with van der Waals surface area (Å²) in [6.07, 6.45) is 0. The zero-order valence-corrected chi connectivity index (χ0v) is 14.8. The number of hydrogen-bond acceptors (Lipinski definition) is 7. The highest BCUT2D eigenvalue weighted by atomic mass is 16.5. The molecule has 7 nitrogen and oxygen atoms in total. The third-order valence-corrected chi connectivity index (χ3v) is 3.97. The molecule has 3 aromatic rings. The van der Waals surface area contributed by atoms with E-state index in [0.717, 1.165) is 6.07 Å². The molecule has 0 spiro atoms. The van der Waals surface area contributed by atoms with Crippen LogP contribution in [0.2, 0.25) is 0 Å². The number of phenolic OH excluding ortho intramolecular Hbond substituents is 2. The van der Waals surface area contributed by atoms with Crippen molar-refractivity contribution in [1.29, 1.82) is 0 Å². The van der Waals surface area contributed by atoms with Crippen molar-refractivity contribution < 1.29 is 33.7 Å². The van der Waals surface area contributed by atoms with Crippen LogP contribution >= 0.6 is 0 Å². The van der Waals surface area contributed by atoms with Gasteiger partial charge in [-0.15, -0.1) is 0 Å². The Hall–Kier alpha value is -3.48. The number of ether oxygens (including phenoxy) is 2. The molecule has 0 saturated heterocycles. The number of ketones is 1. The summed E-state index contributed by atoms with van der Waals surface area (Å²) in [5, 5.41) is 19.6. The Labute approximate surface area is 154 Å². The zero-order valence-electron chi connectivity index (χ0n) is 14.8. The van der Waals surface area contributed by atoms with E-state index in [1.165, 1.54) is 12.1 Å². The van der Waals surface area contributed by atoms with Crippen LogP contribution in [0.5, 0.6) is 17.2 Å². The van der Waals surface area contributed by atoms with Crippen LogP contribution in [0.4, 0.5) is 0 Å². The highest BCUT2D eigenvalue weighted by Crippen LogP contribution is 2.30. The first-order valence-electron chi connectivity index (χ1n) is 8.29. The number of furan rings is 1. The molecule has 0 aliphatic rings. The highest BCUT2D eigenvalue weighted by molar-refractivity contribution is 6.05. The van der Waals surface area contributed by atoms with Gasteiger partial charge < -0.3 is 24.1 Å². The Balaban J connectivity index is 1.82. The number of carbonyl (C=O) groups excluding carboxylic acids is 2. The van der Waals surface area contributed by atoms with Gasteiger partial charge in [0.15, 0.2) is 6.61 Å². The third-order valence-electron chi connectivity index (χ3n) is 3.97. The molecule has 0 unspecified atom stereocenters. The lowest BCUT2D eigenvalue weighted by atomic mass is 10.1. The van der Waals surface area contributed by atoms with E-state index in [2.05, 4.69) is 0 Å². The van der Waals surface area contributed by atoms with Crippen LogP contribution in [-0.2, 0) is 4.74 Å². The Bertz CT molecular complexity index is 1020. The molecule has 0 radical (unpaired) electrons. The summed E-state index contributed by atoms with van der Waals surface area (Å²) in [6.45, 7) is 3.31. The zero-order chi connectivity index (χ0) is 19.6. The van der Waals surface area contributed by atoms with E-state index in [9.17, 15) is 19.8 Å². The quantitative estimate of drug-likeness (QED) is 0.504. The second kappa shape index (κ2) is 7.41. The van der Waals surface area contributed by atoms with Gasteiger partial charge >= 0.3 is 5.97 Å². The Morgan fingerprint density at radius 3 is 2.59 bits per heavy atom. The van der Waals surface area contributed by atoms with Gasteiger partial charge in [-0.05, 0) is 44.2 Å². The molecule has 2 aromatic carbocycles. The van der Waals surface area contributed by atoms with Crippen LogP contribution in [0.15, 0.2) is 40.8 Å². The van der Waals surface area contributed by atoms with Crippen molar-refractivity contribution in [1.82, 2.24) is 0 Å². The predicted molar refractivity (Wildman–Crippen MR) is 96.5 cm³/mol. The molecule has 0 amide bonds. The monoisotopic (exact) mass is 370 g/mol. The molecule has 27 heavy (non-hydrogen) atoms. The SMILES string of the molecule is CCOC(=O)c1c(C)oc2ccc(OCC(=O)c3ccc(O)cc3O)cc12. The molecule has 140 valence electrons. The molecule has 0 atom stereocenters. The van der Waals surface area contributed by atoms with E-state index in [4.69, 9.17) is 13.9 Å². The second-order valence-electron chi connectivity index (χ2n) is 5.82. The van der Waals surface area contributed by atoms with Crippen LogP contribution in [0.3, 0.4) is 0 Å². The minimum absolute atomic E-state index is 0.0419. The lowest BCUT2D eigenvalue weighted by Gasteiger charge is -2.07. The molecule has 0 fully saturated rings. The van der Waals surface area contributed by atoms with Gasteiger partial charge in [0, 0.05) is 11.5 Å². The molecule has 2 N–H and O–H groups in total. The maximum atomic E-state index is 12.2. The Morgan fingerprint density at radius 1 is 1.11 bits per heavy atom. The number of hydrogen-bond donors (Lipinski definition) is 2. The van der Waals surface area contributed by atoms with Crippen molar-refractivity contribution in [2.24, 2.45) is 0 Å². The normalized spacial score (nSPS) is 10.7. The molecule has 1 aromatic heterocycles. The van der Waals surface area contributed by atoms with Crippen molar-refractivity contribution in [3.8, 4) is 17.2 Å². The van der Waals surface area contributed by atoms with E-state index < -0.39 is 11.8 Å². The molecule has 0 bridgehead atoms. The summed E-state index contributed by atoms with van der Waals surface area (Å²) < 4.78 is 16.1. The van der Waals surface area contributed by atoms with Crippen molar-refractivity contribution >= 4 is 22.7 Å². The number of Topliss-reactive ketones (excluding diaryl/α,β-unsaturated/α-hetero) is 1. The van der Waals surface area contributed by atoms with Crippen LogP contribution < -0.4 is 4.74 Å². The van der Waals surface area contributed by atoms with E-state index >= 15 is 0 Å². The standard InChI is InChI=1S/C20H18O7/c1-3-25-20(24)19-11(2)27-18-7-5-13(9-15(18)19)26-10-17(23)14-6-4-12(21)8-16(14)22/h4-9,21-22H,3,10H2,1-2H3. The van der Waals surface area contributed by atoms with Crippen molar-refractivity contribution in [2.75, 3.05) is 13.2 Å². The maximum Gasteiger partial charge on any atom is 0.342 e. The van der Waals surface area contributed by atoms with Crippen LogP contribution in [0.25, 0.3) is 11.0 Å². The molecule has 0 saturated carbocycles. The maximum absolute atomic E-state index is 12.2. The molecule has 7 heteroatoms. The number of phenols is 2. The number of aromatic hydroxyl groups is 2. The lowest BCUT2D eigenvalue weighted by molar-refractivity contribution is 0.0526. The summed E-state index contributed by atoms with van der Waals surface area (Å²) in [5.74, 6) is -0.616. The fourth-order valence-electron chi connectivity index (χ4n) is 2.73. The van der Waals surface area contributed by atoms with Crippen LogP contribution in [0.1, 0.15) is 33.4 Å². The summed E-state index contributed by atoms with van der Waals surface area (Å²) in [6, 6.07) is 8.56.